The maximum absolute atomic E-state index is 13.7. The summed E-state index contributed by atoms with van der Waals surface area (Å²) in [6, 6.07) is 6.52. The van der Waals surface area contributed by atoms with E-state index in [0.717, 1.165) is 18.4 Å². The number of aromatic nitrogens is 2. The van der Waals surface area contributed by atoms with Crippen molar-refractivity contribution in [1.82, 2.24) is 15.3 Å². The summed E-state index contributed by atoms with van der Waals surface area (Å²) in [6.07, 6.45) is 3.95. The SMILES string of the molecule is CNC(=O)c1cc(-c2cc(/C=N/C3CC3)cc(Cl)n2)cc(F)n1. The molecule has 1 amide bonds. The molecule has 0 bridgehead atoms. The second-order valence-electron chi connectivity index (χ2n) is 5.26. The van der Waals surface area contributed by atoms with E-state index in [9.17, 15) is 9.18 Å². The lowest BCUT2D eigenvalue weighted by atomic mass is 10.1. The molecule has 1 aliphatic rings. The summed E-state index contributed by atoms with van der Waals surface area (Å²) in [5, 5.41) is 2.69. The van der Waals surface area contributed by atoms with E-state index < -0.39 is 11.9 Å². The molecule has 2 heterocycles. The van der Waals surface area contributed by atoms with Crippen LogP contribution >= 0.6 is 11.6 Å². The Morgan fingerprint density at radius 3 is 2.83 bits per heavy atom. The molecule has 2 aromatic heterocycles. The van der Waals surface area contributed by atoms with Gasteiger partial charge < -0.3 is 5.32 Å². The van der Waals surface area contributed by atoms with Crippen molar-refractivity contribution < 1.29 is 9.18 Å². The first kappa shape index (κ1) is 15.6. The molecule has 0 aliphatic heterocycles. The van der Waals surface area contributed by atoms with E-state index in [4.69, 9.17) is 11.6 Å². The second kappa shape index (κ2) is 6.42. The number of pyridine rings is 2. The zero-order valence-electron chi connectivity index (χ0n) is 12.4. The van der Waals surface area contributed by atoms with Crippen molar-refractivity contribution in [2.45, 2.75) is 18.9 Å². The minimum atomic E-state index is -0.754. The lowest BCUT2D eigenvalue weighted by Gasteiger charge is -2.06. The standard InChI is InChI=1S/C16H14ClFN4O/c1-19-16(23)13-6-10(7-15(18)22-13)12-4-9(5-14(17)21-12)8-20-11-2-3-11/h4-8,11H,2-3H2,1H3,(H,19,23)/b20-8+. The maximum Gasteiger partial charge on any atom is 0.269 e. The fourth-order valence-corrected chi connectivity index (χ4v) is 2.26. The van der Waals surface area contributed by atoms with Crippen LogP contribution < -0.4 is 5.32 Å². The van der Waals surface area contributed by atoms with E-state index in [2.05, 4.69) is 20.3 Å². The lowest BCUT2D eigenvalue weighted by molar-refractivity contribution is 0.0957. The van der Waals surface area contributed by atoms with Crippen molar-refractivity contribution in [3.05, 3.63) is 46.6 Å². The Balaban J connectivity index is 2.00. The molecule has 7 heteroatoms. The first-order chi connectivity index (χ1) is 11.0. The Kier molecular flexibility index (Phi) is 4.34. The van der Waals surface area contributed by atoms with Crippen molar-refractivity contribution in [2.75, 3.05) is 7.05 Å². The number of rotatable bonds is 4. The third-order valence-corrected chi connectivity index (χ3v) is 3.54. The van der Waals surface area contributed by atoms with Crippen LogP contribution in [0.3, 0.4) is 0 Å². The average Bonchev–Trinajstić information content (AvgIpc) is 3.35. The summed E-state index contributed by atoms with van der Waals surface area (Å²) in [5.41, 5.74) is 1.66. The van der Waals surface area contributed by atoms with Crippen LogP contribution in [0.5, 0.6) is 0 Å². The Morgan fingerprint density at radius 1 is 1.35 bits per heavy atom. The van der Waals surface area contributed by atoms with Gasteiger partial charge in [-0.3, -0.25) is 9.79 Å². The van der Waals surface area contributed by atoms with E-state index in [1.165, 1.54) is 19.2 Å². The van der Waals surface area contributed by atoms with Gasteiger partial charge >= 0.3 is 0 Å². The third kappa shape index (κ3) is 3.90. The van der Waals surface area contributed by atoms with Gasteiger partial charge in [0.2, 0.25) is 5.95 Å². The molecular weight excluding hydrogens is 319 g/mol. The molecule has 5 nitrogen and oxygen atoms in total. The van der Waals surface area contributed by atoms with Crippen LogP contribution in [0.2, 0.25) is 5.15 Å². The highest BCUT2D eigenvalue weighted by molar-refractivity contribution is 6.29. The number of hydrogen-bond donors (Lipinski definition) is 1. The second-order valence-corrected chi connectivity index (χ2v) is 5.65. The van der Waals surface area contributed by atoms with Crippen molar-refractivity contribution >= 4 is 23.7 Å². The van der Waals surface area contributed by atoms with Crippen LogP contribution in [0.15, 0.2) is 29.3 Å². The quantitative estimate of drug-likeness (QED) is 0.691. The summed E-state index contributed by atoms with van der Waals surface area (Å²) >= 11 is 6.04. The van der Waals surface area contributed by atoms with Gasteiger partial charge in [0.25, 0.3) is 5.91 Å². The number of carbonyl (C=O) groups excluding carboxylic acids is 1. The molecule has 118 valence electrons. The monoisotopic (exact) mass is 332 g/mol. The zero-order valence-corrected chi connectivity index (χ0v) is 13.1. The van der Waals surface area contributed by atoms with E-state index in [0.29, 0.717) is 17.3 Å². The summed E-state index contributed by atoms with van der Waals surface area (Å²) in [5.74, 6) is -1.22. The van der Waals surface area contributed by atoms with E-state index in [1.54, 1.807) is 18.3 Å². The van der Waals surface area contributed by atoms with Crippen molar-refractivity contribution in [1.29, 1.82) is 0 Å². The van der Waals surface area contributed by atoms with Crippen LogP contribution in [-0.2, 0) is 0 Å². The van der Waals surface area contributed by atoms with Gasteiger partial charge in [0, 0.05) is 24.9 Å². The molecule has 23 heavy (non-hydrogen) atoms. The maximum atomic E-state index is 13.7. The van der Waals surface area contributed by atoms with E-state index in [1.807, 2.05) is 0 Å². The molecule has 2 aromatic rings. The first-order valence-electron chi connectivity index (χ1n) is 7.16. The summed E-state index contributed by atoms with van der Waals surface area (Å²) in [7, 11) is 1.46. The number of amides is 1. The van der Waals surface area contributed by atoms with Crippen molar-refractivity contribution in [3.8, 4) is 11.3 Å². The van der Waals surface area contributed by atoms with Gasteiger partial charge in [0.05, 0.1) is 11.7 Å². The molecule has 1 fully saturated rings. The molecule has 0 spiro atoms. The predicted octanol–water partition coefficient (Wildman–Crippen LogP) is 2.88. The largest absolute Gasteiger partial charge is 0.354 e. The van der Waals surface area contributed by atoms with Crippen LogP contribution in [0.4, 0.5) is 4.39 Å². The highest BCUT2D eigenvalue weighted by Crippen LogP contribution is 2.25. The number of carbonyl (C=O) groups is 1. The Hall–Kier alpha value is -2.34. The molecule has 0 unspecified atom stereocenters. The molecule has 0 radical (unpaired) electrons. The topological polar surface area (TPSA) is 67.2 Å². The minimum Gasteiger partial charge on any atom is -0.354 e. The molecule has 3 rings (SSSR count). The summed E-state index contributed by atoms with van der Waals surface area (Å²) < 4.78 is 13.7. The van der Waals surface area contributed by atoms with Crippen LogP contribution in [0.25, 0.3) is 11.3 Å². The summed E-state index contributed by atoms with van der Waals surface area (Å²) in [6.45, 7) is 0. The zero-order chi connectivity index (χ0) is 16.4. The lowest BCUT2D eigenvalue weighted by Crippen LogP contribution is -2.19. The fraction of sp³-hybridized carbons (Fsp3) is 0.250. The Bertz CT molecular complexity index is 790. The molecular formula is C16H14ClFN4O. The molecule has 1 aliphatic carbocycles. The van der Waals surface area contributed by atoms with E-state index in [-0.39, 0.29) is 10.8 Å². The van der Waals surface area contributed by atoms with Crippen LogP contribution in [0, 0.1) is 5.95 Å². The fourth-order valence-electron chi connectivity index (χ4n) is 2.04. The molecule has 1 saturated carbocycles. The van der Waals surface area contributed by atoms with Crippen molar-refractivity contribution in [3.63, 3.8) is 0 Å². The van der Waals surface area contributed by atoms with Gasteiger partial charge in [-0.2, -0.15) is 4.39 Å². The van der Waals surface area contributed by atoms with Crippen LogP contribution in [-0.4, -0.2) is 35.2 Å². The minimum absolute atomic E-state index is 0.0162. The number of aliphatic imine (C=N–C) groups is 1. The Morgan fingerprint density at radius 2 is 2.13 bits per heavy atom. The Labute approximate surface area is 137 Å². The smallest absolute Gasteiger partial charge is 0.269 e. The normalized spacial score (nSPS) is 14.2. The van der Waals surface area contributed by atoms with Gasteiger partial charge in [-0.15, -0.1) is 0 Å². The molecule has 0 atom stereocenters. The summed E-state index contributed by atoms with van der Waals surface area (Å²) in [4.78, 5) is 23.8. The molecule has 0 aromatic carbocycles. The number of nitrogens with zero attached hydrogens (tertiary/aromatic N) is 3. The number of halogens is 2. The highest BCUT2D eigenvalue weighted by Gasteiger charge is 2.19. The van der Waals surface area contributed by atoms with Gasteiger partial charge in [-0.1, -0.05) is 11.6 Å². The molecule has 1 N–H and O–H groups in total. The van der Waals surface area contributed by atoms with Gasteiger partial charge in [-0.25, -0.2) is 9.97 Å². The number of nitrogens with one attached hydrogen (secondary N) is 1. The number of hydrogen-bond acceptors (Lipinski definition) is 4. The van der Waals surface area contributed by atoms with E-state index >= 15 is 0 Å². The third-order valence-electron chi connectivity index (χ3n) is 3.35. The van der Waals surface area contributed by atoms with Gasteiger partial charge in [-0.05, 0) is 36.6 Å². The highest BCUT2D eigenvalue weighted by atomic mass is 35.5. The average molecular weight is 333 g/mol. The van der Waals surface area contributed by atoms with Crippen LogP contribution in [0.1, 0.15) is 28.9 Å². The first-order valence-corrected chi connectivity index (χ1v) is 7.54. The predicted molar refractivity (Wildman–Crippen MR) is 86.4 cm³/mol. The van der Waals surface area contributed by atoms with Gasteiger partial charge in [0.15, 0.2) is 0 Å². The van der Waals surface area contributed by atoms with Gasteiger partial charge in [0.1, 0.15) is 10.8 Å². The van der Waals surface area contributed by atoms with Crippen molar-refractivity contribution in [2.24, 2.45) is 4.99 Å². The molecule has 0 saturated heterocycles.